The Bertz CT molecular complexity index is 569. The summed E-state index contributed by atoms with van der Waals surface area (Å²) in [6.07, 6.45) is 0.706. The van der Waals surface area contributed by atoms with Crippen molar-refractivity contribution >= 4 is 33.8 Å². The third-order valence-electron chi connectivity index (χ3n) is 2.47. The van der Waals surface area contributed by atoms with E-state index in [1.807, 2.05) is 24.3 Å². The molecule has 18 heavy (non-hydrogen) atoms. The molecule has 0 aromatic heterocycles. The second kappa shape index (κ2) is 6.03. The number of benzene rings is 2. The number of hydrogen-bond acceptors (Lipinski definition) is 2. The summed E-state index contributed by atoms with van der Waals surface area (Å²) in [7, 11) is 0. The average Bonchev–Trinajstić information content (AvgIpc) is 2.38. The van der Waals surface area contributed by atoms with Crippen molar-refractivity contribution < 1.29 is 9.53 Å². The average molecular weight is 326 g/mol. The van der Waals surface area contributed by atoms with Gasteiger partial charge in [0.1, 0.15) is 12.4 Å². The molecule has 0 fully saturated rings. The van der Waals surface area contributed by atoms with Gasteiger partial charge in [0.05, 0.1) is 10.6 Å². The topological polar surface area (TPSA) is 26.3 Å². The molecule has 0 N–H and O–H groups in total. The van der Waals surface area contributed by atoms with Crippen molar-refractivity contribution in [3.63, 3.8) is 0 Å². The molecule has 0 aliphatic heterocycles. The van der Waals surface area contributed by atoms with Crippen LogP contribution in [-0.2, 0) is 6.61 Å². The second-order valence-electron chi connectivity index (χ2n) is 3.65. The monoisotopic (exact) mass is 324 g/mol. The molecule has 0 aliphatic rings. The molecule has 0 heterocycles. The molecule has 2 aromatic carbocycles. The van der Waals surface area contributed by atoms with E-state index in [9.17, 15) is 4.79 Å². The summed E-state index contributed by atoms with van der Waals surface area (Å²) < 4.78 is 6.60. The van der Waals surface area contributed by atoms with Gasteiger partial charge in [-0.15, -0.1) is 0 Å². The van der Waals surface area contributed by atoms with Crippen LogP contribution in [0.1, 0.15) is 15.9 Å². The predicted octanol–water partition coefficient (Wildman–Crippen LogP) is 4.49. The molecule has 0 radical (unpaired) electrons. The minimum Gasteiger partial charge on any atom is -0.488 e. The van der Waals surface area contributed by atoms with Crippen molar-refractivity contribution in [2.24, 2.45) is 0 Å². The fourth-order valence-corrected chi connectivity index (χ4v) is 2.14. The van der Waals surface area contributed by atoms with Crippen molar-refractivity contribution in [1.82, 2.24) is 0 Å². The Balaban J connectivity index is 2.18. The lowest BCUT2D eigenvalue weighted by Gasteiger charge is -2.10. The van der Waals surface area contributed by atoms with Crippen LogP contribution < -0.4 is 4.74 Å². The molecule has 0 amide bonds. The number of carbonyl (C=O) groups is 1. The second-order valence-corrected chi connectivity index (χ2v) is 4.91. The molecule has 2 aromatic rings. The normalized spacial score (nSPS) is 10.1. The van der Waals surface area contributed by atoms with Gasteiger partial charge in [0.15, 0.2) is 6.29 Å². The quantitative estimate of drug-likeness (QED) is 0.774. The van der Waals surface area contributed by atoms with Gasteiger partial charge in [0, 0.05) is 10.0 Å². The molecule has 0 spiro atoms. The lowest BCUT2D eigenvalue weighted by Crippen LogP contribution is -1.99. The fourth-order valence-electron chi connectivity index (χ4n) is 1.53. The third kappa shape index (κ3) is 2.92. The van der Waals surface area contributed by atoms with E-state index >= 15 is 0 Å². The molecule has 92 valence electrons. The molecule has 2 nitrogen and oxygen atoms in total. The molecular weight excluding hydrogens is 316 g/mol. The minimum atomic E-state index is 0.378. The highest BCUT2D eigenvalue weighted by molar-refractivity contribution is 9.10. The maximum Gasteiger partial charge on any atom is 0.155 e. The summed E-state index contributed by atoms with van der Waals surface area (Å²) in [5, 5.41) is 0.398. The van der Waals surface area contributed by atoms with Gasteiger partial charge in [0.2, 0.25) is 0 Å². The maximum atomic E-state index is 11.0. The van der Waals surface area contributed by atoms with E-state index < -0.39 is 0 Å². The van der Waals surface area contributed by atoms with Crippen LogP contribution in [0.15, 0.2) is 46.9 Å². The van der Waals surface area contributed by atoms with E-state index in [0.29, 0.717) is 29.2 Å². The lowest BCUT2D eigenvalue weighted by molar-refractivity contribution is 0.111. The number of rotatable bonds is 4. The summed E-state index contributed by atoms with van der Waals surface area (Å²) >= 11 is 9.37. The zero-order valence-corrected chi connectivity index (χ0v) is 11.7. The first-order valence-electron chi connectivity index (χ1n) is 5.32. The van der Waals surface area contributed by atoms with E-state index in [2.05, 4.69) is 15.9 Å². The van der Waals surface area contributed by atoms with E-state index in [1.54, 1.807) is 18.2 Å². The lowest BCUT2D eigenvalue weighted by atomic mass is 10.2. The Hall–Kier alpha value is -1.32. The van der Waals surface area contributed by atoms with Crippen molar-refractivity contribution in [3.8, 4) is 5.75 Å². The first-order valence-corrected chi connectivity index (χ1v) is 6.49. The van der Waals surface area contributed by atoms with Crippen LogP contribution in [0, 0.1) is 0 Å². The molecule has 0 saturated heterocycles. The maximum absolute atomic E-state index is 11.0. The third-order valence-corrected chi connectivity index (χ3v) is 3.57. The van der Waals surface area contributed by atoms with Crippen molar-refractivity contribution in [2.75, 3.05) is 0 Å². The van der Waals surface area contributed by atoms with E-state index in [4.69, 9.17) is 16.3 Å². The minimum absolute atomic E-state index is 0.378. The Morgan fingerprint density at radius 3 is 2.67 bits per heavy atom. The van der Waals surface area contributed by atoms with Crippen LogP contribution in [0.25, 0.3) is 0 Å². The predicted molar refractivity (Wildman–Crippen MR) is 75.3 cm³/mol. The summed E-state index contributed by atoms with van der Waals surface area (Å²) in [4.78, 5) is 11.0. The first kappa shape index (κ1) is 13.1. The Morgan fingerprint density at radius 1 is 1.17 bits per heavy atom. The highest BCUT2D eigenvalue weighted by atomic mass is 79.9. The summed E-state index contributed by atoms with van der Waals surface area (Å²) in [6, 6.07) is 12.9. The standard InChI is InChI=1S/C14H10BrClO2/c15-12-5-2-1-4-10(12)9-18-14-7-3-6-13(16)11(14)8-17/h1-8H,9H2. The highest BCUT2D eigenvalue weighted by Gasteiger charge is 2.08. The van der Waals surface area contributed by atoms with Crippen molar-refractivity contribution in [3.05, 3.63) is 63.1 Å². The molecule has 0 unspecified atom stereocenters. The van der Waals surface area contributed by atoms with Crippen molar-refractivity contribution in [1.29, 1.82) is 0 Å². The zero-order chi connectivity index (χ0) is 13.0. The number of hydrogen-bond donors (Lipinski definition) is 0. The molecule has 0 saturated carbocycles. The Kier molecular flexibility index (Phi) is 4.39. The van der Waals surface area contributed by atoms with Crippen LogP contribution in [0.3, 0.4) is 0 Å². The molecule has 0 atom stereocenters. The van der Waals surface area contributed by atoms with E-state index in [-0.39, 0.29) is 0 Å². The molecular formula is C14H10BrClO2. The van der Waals surface area contributed by atoms with Gasteiger partial charge in [-0.2, -0.15) is 0 Å². The largest absolute Gasteiger partial charge is 0.488 e. The van der Waals surface area contributed by atoms with Gasteiger partial charge in [-0.3, -0.25) is 4.79 Å². The highest BCUT2D eigenvalue weighted by Crippen LogP contribution is 2.26. The molecule has 2 rings (SSSR count). The van der Waals surface area contributed by atoms with Crippen LogP contribution in [-0.4, -0.2) is 6.29 Å². The summed E-state index contributed by atoms with van der Waals surface area (Å²) in [6.45, 7) is 0.378. The summed E-state index contributed by atoms with van der Waals surface area (Å²) in [5.41, 5.74) is 1.39. The number of carbonyl (C=O) groups excluding carboxylic acids is 1. The van der Waals surface area contributed by atoms with Crippen LogP contribution in [0.2, 0.25) is 5.02 Å². The number of aldehydes is 1. The SMILES string of the molecule is O=Cc1c(Cl)cccc1OCc1ccccc1Br. The Labute approximate surface area is 119 Å². The van der Waals surface area contributed by atoms with Gasteiger partial charge < -0.3 is 4.74 Å². The van der Waals surface area contributed by atoms with Crippen molar-refractivity contribution in [2.45, 2.75) is 6.61 Å². The van der Waals surface area contributed by atoms with Gasteiger partial charge in [-0.1, -0.05) is 51.8 Å². The summed E-state index contributed by atoms with van der Waals surface area (Å²) in [5.74, 6) is 0.494. The van der Waals surface area contributed by atoms with E-state index in [1.165, 1.54) is 0 Å². The van der Waals surface area contributed by atoms with Gasteiger partial charge in [-0.05, 0) is 18.2 Å². The van der Waals surface area contributed by atoms with Crippen LogP contribution in [0.4, 0.5) is 0 Å². The van der Waals surface area contributed by atoms with Gasteiger partial charge in [0.25, 0.3) is 0 Å². The van der Waals surface area contributed by atoms with Gasteiger partial charge in [-0.25, -0.2) is 0 Å². The zero-order valence-electron chi connectivity index (χ0n) is 9.40. The number of ether oxygens (including phenoxy) is 1. The molecule has 4 heteroatoms. The van der Waals surface area contributed by atoms with E-state index in [0.717, 1.165) is 10.0 Å². The first-order chi connectivity index (χ1) is 8.72. The van der Waals surface area contributed by atoms with Crippen LogP contribution >= 0.6 is 27.5 Å². The van der Waals surface area contributed by atoms with Crippen LogP contribution in [0.5, 0.6) is 5.75 Å². The van der Waals surface area contributed by atoms with Gasteiger partial charge >= 0.3 is 0 Å². The smallest absolute Gasteiger partial charge is 0.155 e. The fraction of sp³-hybridized carbons (Fsp3) is 0.0714. The Morgan fingerprint density at radius 2 is 1.94 bits per heavy atom. The molecule has 0 bridgehead atoms. The molecule has 0 aliphatic carbocycles. The number of halogens is 2.